The molecule has 0 aliphatic rings. The van der Waals surface area contributed by atoms with E-state index in [4.69, 9.17) is 5.11 Å². The average Bonchev–Trinajstić information content (AvgIpc) is 2.63. The first-order valence-corrected chi connectivity index (χ1v) is 11.4. The highest BCUT2D eigenvalue weighted by atomic mass is 16.3. The number of carbonyl (C=O) groups is 1. The molecule has 0 saturated heterocycles. The van der Waals surface area contributed by atoms with Crippen LogP contribution in [0.15, 0.2) is 0 Å². The van der Waals surface area contributed by atoms with Crippen molar-refractivity contribution in [2.75, 3.05) is 0 Å². The molecular weight excluding hydrogens is 308 g/mol. The molecule has 0 heterocycles. The molecule has 0 aliphatic heterocycles. The van der Waals surface area contributed by atoms with Crippen LogP contribution in [0.4, 0.5) is 0 Å². The molecule has 2 heteroatoms. The van der Waals surface area contributed by atoms with Crippen molar-refractivity contribution in [3.05, 3.63) is 0 Å². The number of aliphatic hydroxyl groups excluding tert-OH is 1. The van der Waals surface area contributed by atoms with E-state index in [9.17, 15) is 4.79 Å². The molecule has 0 rings (SSSR count). The monoisotopic (exact) mass is 354 g/mol. The Bertz CT molecular complexity index is 252. The maximum absolute atomic E-state index is 10.3. The smallest absolute Gasteiger partial charge is 0.148 e. The molecule has 0 radical (unpaired) electrons. The Morgan fingerprint density at radius 1 is 0.560 bits per heavy atom. The van der Waals surface area contributed by atoms with E-state index >= 15 is 0 Å². The molecule has 0 aromatic heterocycles. The van der Waals surface area contributed by atoms with Crippen LogP contribution >= 0.6 is 0 Å². The van der Waals surface area contributed by atoms with Gasteiger partial charge in [0.05, 0.1) is 0 Å². The van der Waals surface area contributed by atoms with Gasteiger partial charge < -0.3 is 9.90 Å². The Morgan fingerprint density at radius 2 is 0.840 bits per heavy atom. The molecular formula is C23H46O2. The van der Waals surface area contributed by atoms with Crippen molar-refractivity contribution in [3.8, 4) is 0 Å². The summed E-state index contributed by atoms with van der Waals surface area (Å²) in [5.41, 5.74) is 0. The number of hydrogen-bond donors (Lipinski definition) is 1. The molecule has 0 saturated carbocycles. The van der Waals surface area contributed by atoms with Gasteiger partial charge in [-0.05, 0) is 6.42 Å². The number of unbranched alkanes of at least 4 members (excludes halogenated alkanes) is 18. The first-order chi connectivity index (χ1) is 12.3. The summed E-state index contributed by atoms with van der Waals surface area (Å²) in [5.74, 6) is 0. The van der Waals surface area contributed by atoms with Gasteiger partial charge in [0.15, 0.2) is 0 Å². The standard InChI is InChI=1S/C23H46O2/c1-2-3-4-5-6-7-8-9-10-11-12-13-14-15-16-17-18-19-20-21-23(25)22-24/h22-23,25H,2-21H2,1H3. The third-order valence-corrected chi connectivity index (χ3v) is 5.26. The largest absolute Gasteiger partial charge is 0.386 e. The molecule has 0 aromatic rings. The summed E-state index contributed by atoms with van der Waals surface area (Å²) in [6.45, 7) is 2.28. The van der Waals surface area contributed by atoms with Gasteiger partial charge in [-0.15, -0.1) is 0 Å². The molecule has 25 heavy (non-hydrogen) atoms. The molecule has 0 aromatic carbocycles. The van der Waals surface area contributed by atoms with Gasteiger partial charge in [-0.3, -0.25) is 0 Å². The van der Waals surface area contributed by atoms with E-state index < -0.39 is 6.10 Å². The van der Waals surface area contributed by atoms with Crippen LogP contribution in [0.2, 0.25) is 0 Å². The minimum Gasteiger partial charge on any atom is -0.386 e. The molecule has 0 aliphatic carbocycles. The normalized spacial score (nSPS) is 12.4. The lowest BCUT2D eigenvalue weighted by molar-refractivity contribution is -0.115. The maximum atomic E-state index is 10.3. The Hall–Kier alpha value is -0.370. The minimum absolute atomic E-state index is 0.641. The first kappa shape index (κ1) is 24.6. The average molecular weight is 355 g/mol. The van der Waals surface area contributed by atoms with Crippen molar-refractivity contribution in [3.63, 3.8) is 0 Å². The predicted molar refractivity (Wildman–Crippen MR) is 110 cm³/mol. The van der Waals surface area contributed by atoms with Gasteiger partial charge in [-0.1, -0.05) is 129 Å². The van der Waals surface area contributed by atoms with Gasteiger partial charge in [-0.2, -0.15) is 0 Å². The number of aliphatic hydroxyl groups is 1. The lowest BCUT2D eigenvalue weighted by Crippen LogP contribution is -2.06. The lowest BCUT2D eigenvalue weighted by Gasteiger charge is -2.04. The highest BCUT2D eigenvalue weighted by molar-refractivity contribution is 5.55. The van der Waals surface area contributed by atoms with Gasteiger partial charge in [0.2, 0.25) is 0 Å². The minimum atomic E-state index is -0.731. The van der Waals surface area contributed by atoms with E-state index in [-0.39, 0.29) is 0 Å². The highest BCUT2D eigenvalue weighted by Crippen LogP contribution is 2.14. The number of hydrogen-bond acceptors (Lipinski definition) is 2. The van der Waals surface area contributed by atoms with Crippen LogP contribution in [0.3, 0.4) is 0 Å². The van der Waals surface area contributed by atoms with E-state index in [1.54, 1.807) is 0 Å². The van der Waals surface area contributed by atoms with Crippen LogP contribution in [0, 0.1) is 0 Å². The first-order valence-electron chi connectivity index (χ1n) is 11.4. The molecule has 0 bridgehead atoms. The van der Waals surface area contributed by atoms with Crippen LogP contribution in [0.1, 0.15) is 135 Å². The molecule has 0 spiro atoms. The second-order valence-electron chi connectivity index (χ2n) is 7.86. The summed E-state index contributed by atoms with van der Waals surface area (Å²) < 4.78 is 0. The molecule has 150 valence electrons. The summed E-state index contributed by atoms with van der Waals surface area (Å²) in [6.07, 6.45) is 26.6. The van der Waals surface area contributed by atoms with E-state index in [0.29, 0.717) is 12.7 Å². The Balaban J connectivity index is 2.99. The molecule has 0 amide bonds. The van der Waals surface area contributed by atoms with E-state index in [2.05, 4.69) is 6.92 Å². The van der Waals surface area contributed by atoms with Crippen LogP contribution in [-0.2, 0) is 4.79 Å². The number of aldehydes is 1. The third-order valence-electron chi connectivity index (χ3n) is 5.26. The summed E-state index contributed by atoms with van der Waals surface area (Å²) in [6, 6.07) is 0. The molecule has 1 N–H and O–H groups in total. The van der Waals surface area contributed by atoms with Gasteiger partial charge in [0.1, 0.15) is 12.4 Å². The fourth-order valence-electron chi connectivity index (χ4n) is 3.50. The Kier molecular flexibility index (Phi) is 21.4. The molecule has 1 atom stereocenters. The van der Waals surface area contributed by atoms with Gasteiger partial charge in [0.25, 0.3) is 0 Å². The van der Waals surface area contributed by atoms with Crippen molar-refractivity contribution in [2.24, 2.45) is 0 Å². The summed E-state index contributed by atoms with van der Waals surface area (Å²) in [4.78, 5) is 10.3. The van der Waals surface area contributed by atoms with Gasteiger partial charge in [0, 0.05) is 0 Å². The fourth-order valence-corrected chi connectivity index (χ4v) is 3.50. The second-order valence-corrected chi connectivity index (χ2v) is 7.86. The van der Waals surface area contributed by atoms with E-state index in [0.717, 1.165) is 12.8 Å². The maximum Gasteiger partial charge on any atom is 0.148 e. The zero-order chi connectivity index (χ0) is 18.4. The topological polar surface area (TPSA) is 37.3 Å². The summed E-state index contributed by atoms with van der Waals surface area (Å²) >= 11 is 0. The van der Waals surface area contributed by atoms with Crippen molar-refractivity contribution >= 4 is 6.29 Å². The molecule has 2 nitrogen and oxygen atoms in total. The van der Waals surface area contributed by atoms with Gasteiger partial charge >= 0.3 is 0 Å². The van der Waals surface area contributed by atoms with E-state index in [1.165, 1.54) is 109 Å². The van der Waals surface area contributed by atoms with Crippen LogP contribution in [-0.4, -0.2) is 17.5 Å². The zero-order valence-electron chi connectivity index (χ0n) is 17.2. The Morgan fingerprint density at radius 3 is 1.12 bits per heavy atom. The van der Waals surface area contributed by atoms with Crippen molar-refractivity contribution < 1.29 is 9.90 Å². The summed E-state index contributed by atoms with van der Waals surface area (Å²) in [5, 5.41) is 9.13. The fraction of sp³-hybridized carbons (Fsp3) is 0.957. The van der Waals surface area contributed by atoms with Crippen molar-refractivity contribution in [2.45, 2.75) is 141 Å². The number of rotatable bonds is 21. The van der Waals surface area contributed by atoms with Crippen LogP contribution in [0.25, 0.3) is 0 Å². The zero-order valence-corrected chi connectivity index (χ0v) is 17.2. The third kappa shape index (κ3) is 21.6. The quantitative estimate of drug-likeness (QED) is 0.172. The van der Waals surface area contributed by atoms with Crippen LogP contribution in [0.5, 0.6) is 0 Å². The van der Waals surface area contributed by atoms with Crippen molar-refractivity contribution in [1.82, 2.24) is 0 Å². The highest BCUT2D eigenvalue weighted by Gasteiger charge is 2.00. The van der Waals surface area contributed by atoms with Crippen LogP contribution < -0.4 is 0 Å². The summed E-state index contributed by atoms with van der Waals surface area (Å²) in [7, 11) is 0. The lowest BCUT2D eigenvalue weighted by atomic mass is 10.0. The number of carbonyl (C=O) groups excluding carboxylic acids is 1. The molecule has 0 fully saturated rings. The second kappa shape index (κ2) is 21.7. The Labute approximate surface area is 158 Å². The predicted octanol–water partition coefficient (Wildman–Crippen LogP) is 7.37. The van der Waals surface area contributed by atoms with Crippen molar-refractivity contribution in [1.29, 1.82) is 0 Å². The van der Waals surface area contributed by atoms with E-state index in [1.807, 2.05) is 0 Å². The van der Waals surface area contributed by atoms with Gasteiger partial charge in [-0.25, -0.2) is 0 Å². The SMILES string of the molecule is CCCCCCCCCCCCCCCCCCCCCC(O)C=O. The molecule has 1 unspecified atom stereocenters.